The number of nitrogens with one attached hydrogen (secondary N) is 1. The van der Waals surface area contributed by atoms with E-state index in [4.69, 9.17) is 10.8 Å². The highest BCUT2D eigenvalue weighted by Gasteiger charge is 2.09. The third kappa shape index (κ3) is 6.54. The second-order valence-electron chi connectivity index (χ2n) is 4.15. The van der Waals surface area contributed by atoms with Crippen LogP contribution in [0.4, 0.5) is 4.79 Å². The molecule has 1 aromatic carbocycles. The number of aliphatic hydroxyl groups excluding tert-OH is 1. The van der Waals surface area contributed by atoms with E-state index in [1.54, 1.807) is 0 Å². The number of nitrogens with two attached hydrogens (primary N) is 1. The zero-order chi connectivity index (χ0) is 14.1. The summed E-state index contributed by atoms with van der Waals surface area (Å²) in [5.74, 6) is -0.413. The van der Waals surface area contributed by atoms with Crippen molar-refractivity contribution in [1.29, 1.82) is 0 Å². The van der Waals surface area contributed by atoms with Crippen molar-refractivity contribution in [1.82, 2.24) is 10.2 Å². The van der Waals surface area contributed by atoms with E-state index in [-0.39, 0.29) is 13.0 Å². The van der Waals surface area contributed by atoms with Crippen molar-refractivity contribution in [2.75, 3.05) is 19.7 Å². The van der Waals surface area contributed by atoms with Crippen LogP contribution in [-0.4, -0.2) is 41.6 Å². The van der Waals surface area contributed by atoms with E-state index in [1.807, 2.05) is 40.5 Å². The molecule has 0 heterocycles. The highest BCUT2D eigenvalue weighted by molar-refractivity contribution is 5.93. The monoisotopic (exact) mass is 265 g/mol. The van der Waals surface area contributed by atoms with Crippen LogP contribution in [0.2, 0.25) is 0 Å². The van der Waals surface area contributed by atoms with Crippen LogP contribution in [0, 0.1) is 0 Å². The van der Waals surface area contributed by atoms with Crippen LogP contribution in [0.25, 0.3) is 0 Å². The third-order valence-corrected chi connectivity index (χ3v) is 2.58. The van der Waals surface area contributed by atoms with E-state index >= 15 is 0 Å². The first-order valence-electron chi connectivity index (χ1n) is 6.08. The largest absolute Gasteiger partial charge is 0.395 e. The maximum absolute atomic E-state index is 11.3. The van der Waals surface area contributed by atoms with Gasteiger partial charge in [0.1, 0.15) is 0 Å². The van der Waals surface area contributed by atoms with Gasteiger partial charge in [-0.15, -0.1) is 0 Å². The van der Waals surface area contributed by atoms with Crippen LogP contribution in [-0.2, 0) is 11.3 Å². The lowest BCUT2D eigenvalue weighted by atomic mass is 10.2. The minimum Gasteiger partial charge on any atom is -0.395 e. The number of benzene rings is 1. The number of imide groups is 1. The molecule has 0 radical (unpaired) electrons. The highest BCUT2D eigenvalue weighted by atomic mass is 16.3. The van der Waals surface area contributed by atoms with Gasteiger partial charge in [0.05, 0.1) is 6.61 Å². The Morgan fingerprint density at radius 2 is 1.89 bits per heavy atom. The van der Waals surface area contributed by atoms with E-state index < -0.39 is 11.9 Å². The average molecular weight is 265 g/mol. The van der Waals surface area contributed by atoms with Gasteiger partial charge < -0.3 is 10.8 Å². The number of carbonyl (C=O) groups excluding carboxylic acids is 2. The first-order valence-corrected chi connectivity index (χ1v) is 6.08. The van der Waals surface area contributed by atoms with Crippen molar-refractivity contribution < 1.29 is 14.7 Å². The van der Waals surface area contributed by atoms with Gasteiger partial charge >= 0.3 is 6.03 Å². The Bertz CT molecular complexity index is 409. The van der Waals surface area contributed by atoms with Crippen LogP contribution >= 0.6 is 0 Å². The minimum atomic E-state index is -0.846. The molecule has 0 aliphatic carbocycles. The van der Waals surface area contributed by atoms with Gasteiger partial charge in [0.2, 0.25) is 5.91 Å². The van der Waals surface area contributed by atoms with Crippen LogP contribution in [0.3, 0.4) is 0 Å². The molecule has 1 rings (SSSR count). The Labute approximate surface area is 112 Å². The highest BCUT2D eigenvalue weighted by Crippen LogP contribution is 2.04. The summed E-state index contributed by atoms with van der Waals surface area (Å²) in [6.45, 7) is 1.59. The first kappa shape index (κ1) is 15.1. The van der Waals surface area contributed by atoms with Crippen LogP contribution in [0.15, 0.2) is 30.3 Å². The lowest BCUT2D eigenvalue weighted by Gasteiger charge is -2.20. The van der Waals surface area contributed by atoms with E-state index in [0.29, 0.717) is 19.6 Å². The van der Waals surface area contributed by atoms with Gasteiger partial charge in [-0.3, -0.25) is 15.0 Å². The SMILES string of the molecule is NC(=O)NC(=O)CCN(CCO)Cc1ccccc1. The summed E-state index contributed by atoms with van der Waals surface area (Å²) in [5, 5.41) is 11.0. The molecule has 3 amide bonds. The Morgan fingerprint density at radius 1 is 1.21 bits per heavy atom. The maximum atomic E-state index is 11.3. The minimum absolute atomic E-state index is 0.0181. The molecule has 0 atom stereocenters. The fraction of sp³-hybridized carbons (Fsp3) is 0.385. The molecule has 1 aromatic rings. The summed E-state index contributed by atoms with van der Waals surface area (Å²) in [7, 11) is 0. The van der Waals surface area contributed by atoms with Gasteiger partial charge in [-0.05, 0) is 5.56 Å². The fourth-order valence-electron chi connectivity index (χ4n) is 1.71. The van der Waals surface area contributed by atoms with E-state index in [0.717, 1.165) is 5.56 Å². The molecule has 19 heavy (non-hydrogen) atoms. The van der Waals surface area contributed by atoms with Gasteiger partial charge in [0.15, 0.2) is 0 Å². The van der Waals surface area contributed by atoms with Gasteiger partial charge in [-0.1, -0.05) is 30.3 Å². The second kappa shape index (κ2) is 8.23. The number of aliphatic hydroxyl groups is 1. The predicted octanol–water partition coefficient (Wildman–Crippen LogP) is 0.0659. The molecule has 4 N–H and O–H groups in total. The zero-order valence-electron chi connectivity index (χ0n) is 10.7. The lowest BCUT2D eigenvalue weighted by molar-refractivity contribution is -0.120. The standard InChI is InChI=1S/C13H19N3O3/c14-13(19)15-12(18)6-7-16(8-9-17)10-11-4-2-1-3-5-11/h1-5,17H,6-10H2,(H3,14,15,18,19). The van der Waals surface area contributed by atoms with Crippen LogP contribution < -0.4 is 11.1 Å². The van der Waals surface area contributed by atoms with Gasteiger partial charge in [-0.2, -0.15) is 0 Å². The number of carbonyl (C=O) groups is 2. The summed E-state index contributed by atoms with van der Waals surface area (Å²) in [5.41, 5.74) is 5.96. The lowest BCUT2D eigenvalue weighted by Crippen LogP contribution is -2.37. The Kier molecular flexibility index (Phi) is 6.56. The van der Waals surface area contributed by atoms with Crippen LogP contribution in [0.1, 0.15) is 12.0 Å². The Balaban J connectivity index is 2.44. The summed E-state index contributed by atoms with van der Waals surface area (Å²) in [4.78, 5) is 23.8. The second-order valence-corrected chi connectivity index (χ2v) is 4.15. The molecule has 0 aliphatic rings. The van der Waals surface area contributed by atoms with Gasteiger partial charge in [0, 0.05) is 26.1 Å². The maximum Gasteiger partial charge on any atom is 0.318 e. The van der Waals surface area contributed by atoms with E-state index in [9.17, 15) is 9.59 Å². The molecular formula is C13H19N3O3. The number of urea groups is 1. The Morgan fingerprint density at radius 3 is 2.47 bits per heavy atom. The summed E-state index contributed by atoms with van der Waals surface area (Å²) in [6.07, 6.45) is 0.162. The summed E-state index contributed by atoms with van der Waals surface area (Å²) >= 11 is 0. The predicted molar refractivity (Wildman–Crippen MR) is 71.1 cm³/mol. The molecular weight excluding hydrogens is 246 g/mol. The van der Waals surface area contributed by atoms with Gasteiger partial charge in [0.25, 0.3) is 0 Å². The molecule has 0 saturated heterocycles. The van der Waals surface area contributed by atoms with Crippen molar-refractivity contribution in [3.63, 3.8) is 0 Å². The van der Waals surface area contributed by atoms with Crippen molar-refractivity contribution >= 4 is 11.9 Å². The number of amides is 3. The fourth-order valence-corrected chi connectivity index (χ4v) is 1.71. The van der Waals surface area contributed by atoms with E-state index in [1.165, 1.54) is 0 Å². The zero-order valence-corrected chi connectivity index (χ0v) is 10.7. The molecule has 0 fully saturated rings. The molecule has 0 spiro atoms. The van der Waals surface area contributed by atoms with E-state index in [2.05, 4.69) is 0 Å². The topological polar surface area (TPSA) is 95.7 Å². The Hall–Kier alpha value is -1.92. The molecule has 0 aromatic heterocycles. The number of hydrogen-bond donors (Lipinski definition) is 3. The van der Waals surface area contributed by atoms with Gasteiger partial charge in [-0.25, -0.2) is 4.79 Å². The quantitative estimate of drug-likeness (QED) is 0.650. The first-order chi connectivity index (χ1) is 9.11. The third-order valence-electron chi connectivity index (χ3n) is 2.58. The normalized spacial score (nSPS) is 10.4. The molecule has 0 saturated carbocycles. The summed E-state index contributed by atoms with van der Waals surface area (Å²) < 4.78 is 0. The number of primary amides is 1. The average Bonchev–Trinajstić information content (AvgIpc) is 2.37. The molecule has 104 valence electrons. The van der Waals surface area contributed by atoms with Crippen molar-refractivity contribution in [2.45, 2.75) is 13.0 Å². The number of rotatable bonds is 7. The van der Waals surface area contributed by atoms with Crippen LogP contribution in [0.5, 0.6) is 0 Å². The molecule has 0 aliphatic heterocycles. The molecule has 0 bridgehead atoms. The summed E-state index contributed by atoms with van der Waals surface area (Å²) in [6, 6.07) is 8.92. The smallest absolute Gasteiger partial charge is 0.318 e. The molecule has 6 heteroatoms. The van der Waals surface area contributed by atoms with Crippen molar-refractivity contribution in [2.24, 2.45) is 5.73 Å². The number of hydrogen-bond acceptors (Lipinski definition) is 4. The number of nitrogens with zero attached hydrogens (tertiary/aromatic N) is 1. The van der Waals surface area contributed by atoms with Crippen molar-refractivity contribution in [3.8, 4) is 0 Å². The molecule has 6 nitrogen and oxygen atoms in total. The van der Waals surface area contributed by atoms with Crippen molar-refractivity contribution in [3.05, 3.63) is 35.9 Å². The molecule has 0 unspecified atom stereocenters.